The fourth-order valence-corrected chi connectivity index (χ4v) is 6.80. The van der Waals surface area contributed by atoms with Crippen LogP contribution in [0, 0.1) is 22.5 Å². The van der Waals surface area contributed by atoms with Crippen molar-refractivity contribution in [3.63, 3.8) is 0 Å². The number of halogens is 2. The molecule has 0 unspecified atom stereocenters. The van der Waals surface area contributed by atoms with E-state index in [1.54, 1.807) is 67.6 Å². The summed E-state index contributed by atoms with van der Waals surface area (Å²) < 4.78 is 41.5. The number of aliphatic hydroxyl groups is 2. The third-order valence-corrected chi connectivity index (χ3v) is 10.7. The van der Waals surface area contributed by atoms with Gasteiger partial charge in [0.25, 0.3) is 5.91 Å². The van der Waals surface area contributed by atoms with Crippen molar-refractivity contribution >= 4 is 29.8 Å². The van der Waals surface area contributed by atoms with Gasteiger partial charge in [-0.1, -0.05) is 84.9 Å². The van der Waals surface area contributed by atoms with Crippen LogP contribution in [0.4, 0.5) is 8.78 Å². The number of aromatic amines is 1. The lowest BCUT2D eigenvalue weighted by molar-refractivity contribution is -0.152. The molecule has 2 heterocycles. The number of carbonyl (C=O) groups is 5. The van der Waals surface area contributed by atoms with Gasteiger partial charge in [-0.25, -0.2) is 18.4 Å². The Balaban J connectivity index is 0.000000245. The third-order valence-electron chi connectivity index (χ3n) is 10.7. The maximum atomic E-state index is 14.0. The van der Waals surface area contributed by atoms with Gasteiger partial charge in [0.15, 0.2) is 0 Å². The van der Waals surface area contributed by atoms with E-state index in [2.05, 4.69) is 24.2 Å². The van der Waals surface area contributed by atoms with Crippen LogP contribution in [0.5, 0.6) is 0 Å². The predicted octanol–water partition coefficient (Wildman–Crippen LogP) is 5.80. The number of carboxylic acids is 2. The first-order valence-corrected chi connectivity index (χ1v) is 21.0. The summed E-state index contributed by atoms with van der Waals surface area (Å²) in [6.07, 6.45) is 2.98. The number of nitrogens with one attached hydrogen (secondary N) is 2. The number of hydrogen-bond acceptors (Lipinski definition) is 12. The van der Waals surface area contributed by atoms with Crippen LogP contribution in [-0.2, 0) is 41.5 Å². The van der Waals surface area contributed by atoms with E-state index in [1.165, 1.54) is 26.0 Å². The number of nitrogens with two attached hydrogens (primary N) is 1. The highest BCUT2D eigenvalue weighted by Gasteiger charge is 2.36. The van der Waals surface area contributed by atoms with Crippen LogP contribution < -0.4 is 16.8 Å². The van der Waals surface area contributed by atoms with E-state index >= 15 is 0 Å². The molecule has 0 aliphatic carbocycles. The Labute approximate surface area is 384 Å². The summed E-state index contributed by atoms with van der Waals surface area (Å²) in [5.41, 5.74) is 7.63. The molecule has 1 aliphatic heterocycles. The highest BCUT2D eigenvalue weighted by molar-refractivity contribution is 5.96. The number of benzene rings is 4. The minimum atomic E-state index is -1.49. The maximum Gasteiger partial charge on any atom is 0.416 e. The van der Waals surface area contributed by atoms with Crippen LogP contribution in [0.1, 0.15) is 61.6 Å². The summed E-state index contributed by atoms with van der Waals surface area (Å²) in [6.45, 7) is 3.80. The molecule has 4 aromatic carbocycles. The molecule has 356 valence electrons. The lowest BCUT2D eigenvalue weighted by Gasteiger charge is -2.28. The first kappa shape index (κ1) is 52.3. The number of amides is 1. The van der Waals surface area contributed by atoms with Crippen LogP contribution in [0.25, 0.3) is 22.3 Å². The molecule has 8 N–H and O–H groups in total. The molecule has 0 spiro atoms. The van der Waals surface area contributed by atoms with Crippen LogP contribution in [-0.4, -0.2) is 87.1 Å². The largest absolute Gasteiger partial charge is 0.481 e. The molecule has 6 rings (SSSR count). The van der Waals surface area contributed by atoms with Gasteiger partial charge in [0.1, 0.15) is 29.9 Å². The molecule has 0 fully saturated rings. The minimum Gasteiger partial charge on any atom is -0.481 e. The van der Waals surface area contributed by atoms with Gasteiger partial charge < -0.3 is 45.4 Å². The van der Waals surface area contributed by atoms with Crippen molar-refractivity contribution in [2.45, 2.75) is 65.0 Å². The normalized spacial score (nSPS) is 14.5. The molecule has 16 nitrogen and oxygen atoms in total. The fourth-order valence-electron chi connectivity index (χ4n) is 6.80. The fraction of sp³-hybridized carbons (Fsp3) is 0.306. The molecule has 1 amide bonds. The molecule has 18 heteroatoms. The highest BCUT2D eigenvalue weighted by atomic mass is 19.1. The molecular formula is C49H53F2N3O13. The first-order chi connectivity index (χ1) is 31.8. The standard InChI is InChI=1S/C23H23FN2O6.C19H22FNO3.C7H8O4/c1-23(13-27,21(29)30)11-16(25-20(28)19-12-32-22(31)26-19)10-14-6-8-15(9-7-14)17-4-2-3-5-18(17)24;1-19(12-22,18(23)24)11-15(21)10-13-6-8-14(9-7-13)16-4-2-3-5-17(16)20;1-2-10-7(9)5-3-6(8)11-4-5/h2-9,12,16,27H,10-11,13H2,1H3,(H,25,28)(H,26,31)(H,29,30);2-9,15,22H,10-12,21H2,1H3,(H,23,24);4H,2-3H2,1H3/t16-,23+;15-,19+;/m11./s1. The van der Waals surface area contributed by atoms with E-state index in [0.717, 1.165) is 29.2 Å². The molecular weight excluding hydrogens is 877 g/mol. The predicted molar refractivity (Wildman–Crippen MR) is 240 cm³/mol. The lowest BCUT2D eigenvalue weighted by atomic mass is 9.82. The zero-order valence-corrected chi connectivity index (χ0v) is 37.0. The maximum absolute atomic E-state index is 14.0. The number of rotatable bonds is 18. The lowest BCUT2D eigenvalue weighted by Crippen LogP contribution is -2.44. The monoisotopic (exact) mass is 929 g/mol. The van der Waals surface area contributed by atoms with Gasteiger partial charge in [-0.15, -0.1) is 0 Å². The molecule has 67 heavy (non-hydrogen) atoms. The number of ether oxygens (including phenoxy) is 2. The molecule has 0 saturated carbocycles. The van der Waals surface area contributed by atoms with E-state index in [1.807, 2.05) is 24.3 Å². The van der Waals surface area contributed by atoms with Crippen molar-refractivity contribution in [2.24, 2.45) is 16.6 Å². The second-order valence-electron chi connectivity index (χ2n) is 16.2. The first-order valence-electron chi connectivity index (χ1n) is 21.0. The smallest absolute Gasteiger partial charge is 0.416 e. The summed E-state index contributed by atoms with van der Waals surface area (Å²) >= 11 is 0. The SMILES string of the molecule is CCOC(=O)C1=COC(=O)C1.C[C@@](CO)(C[C@@H](Cc1ccc(-c2ccccc2F)cc1)NC(=O)c1coc(=O)[nH]1)C(=O)O.C[C@@](CO)(C[C@H](N)Cc1ccc(-c2ccccc2F)cc1)C(=O)O. The summed E-state index contributed by atoms with van der Waals surface area (Å²) in [6, 6.07) is 26.2. The average molecular weight is 930 g/mol. The Morgan fingerprint density at radius 3 is 1.69 bits per heavy atom. The number of oxazole rings is 1. The molecule has 4 atom stereocenters. The van der Waals surface area contributed by atoms with Crippen molar-refractivity contribution in [3.8, 4) is 22.3 Å². The highest BCUT2D eigenvalue weighted by Crippen LogP contribution is 2.28. The van der Waals surface area contributed by atoms with Gasteiger partial charge in [0, 0.05) is 23.2 Å². The minimum absolute atomic E-state index is 0.0266. The second-order valence-corrected chi connectivity index (χ2v) is 16.2. The zero-order valence-electron chi connectivity index (χ0n) is 37.0. The summed E-state index contributed by atoms with van der Waals surface area (Å²) in [5.74, 6) is -5.20. The Morgan fingerprint density at radius 1 is 0.776 bits per heavy atom. The molecule has 5 aromatic rings. The van der Waals surface area contributed by atoms with Crippen LogP contribution >= 0.6 is 0 Å². The Morgan fingerprint density at radius 2 is 1.27 bits per heavy atom. The topological polar surface area (TPSA) is 269 Å². The molecule has 0 bridgehead atoms. The number of carbonyl (C=O) groups excluding carboxylic acids is 3. The van der Waals surface area contributed by atoms with Crippen LogP contribution in [0.3, 0.4) is 0 Å². The van der Waals surface area contributed by atoms with Gasteiger partial charge >= 0.3 is 29.6 Å². The summed E-state index contributed by atoms with van der Waals surface area (Å²) in [5, 5.41) is 40.3. The van der Waals surface area contributed by atoms with Gasteiger partial charge in [0.05, 0.1) is 42.6 Å². The van der Waals surface area contributed by atoms with E-state index in [0.29, 0.717) is 29.7 Å². The number of esters is 2. The van der Waals surface area contributed by atoms with Gasteiger partial charge in [-0.05, 0) is 80.8 Å². The van der Waals surface area contributed by atoms with E-state index < -0.39 is 71.7 Å². The molecule has 0 radical (unpaired) electrons. The average Bonchev–Trinajstić information content (AvgIpc) is 3.95. The molecule has 1 aliphatic rings. The Kier molecular flexibility index (Phi) is 19.0. The van der Waals surface area contributed by atoms with E-state index in [9.17, 15) is 58.0 Å². The van der Waals surface area contributed by atoms with Crippen molar-refractivity contribution < 1.29 is 67.1 Å². The van der Waals surface area contributed by atoms with Crippen molar-refractivity contribution in [1.29, 1.82) is 0 Å². The van der Waals surface area contributed by atoms with E-state index in [4.69, 9.17) is 5.73 Å². The number of hydrogen-bond donors (Lipinski definition) is 7. The second kappa shape index (κ2) is 24.3. The number of carboxylic acid groups (broad SMARTS) is 2. The van der Waals surface area contributed by atoms with Gasteiger partial charge in [0.2, 0.25) is 0 Å². The van der Waals surface area contributed by atoms with Crippen molar-refractivity contribution in [1.82, 2.24) is 10.3 Å². The number of aromatic nitrogens is 1. The van der Waals surface area contributed by atoms with Crippen molar-refractivity contribution in [3.05, 3.63) is 154 Å². The Bertz CT molecular complexity index is 2580. The van der Waals surface area contributed by atoms with Crippen LogP contribution in [0.2, 0.25) is 0 Å². The zero-order chi connectivity index (χ0) is 49.3. The van der Waals surface area contributed by atoms with Gasteiger partial charge in [-0.3, -0.25) is 24.2 Å². The molecule has 0 saturated heterocycles. The molecule has 1 aromatic heterocycles. The number of H-pyrrole nitrogens is 1. The number of cyclic esters (lactones) is 1. The number of aliphatic carboxylic acids is 2. The third kappa shape index (κ3) is 15.1. The van der Waals surface area contributed by atoms with Gasteiger partial charge in [-0.2, -0.15) is 0 Å². The van der Waals surface area contributed by atoms with E-state index in [-0.39, 0.29) is 48.6 Å². The Hall–Kier alpha value is -7.28. The summed E-state index contributed by atoms with van der Waals surface area (Å²) in [4.78, 5) is 70.1. The quantitative estimate of drug-likeness (QED) is 0.0512. The number of aliphatic hydroxyl groups excluding tert-OH is 2. The van der Waals surface area contributed by atoms with Crippen molar-refractivity contribution in [2.75, 3.05) is 19.8 Å². The van der Waals surface area contributed by atoms with Crippen LogP contribution in [0.15, 0.2) is 124 Å². The summed E-state index contributed by atoms with van der Waals surface area (Å²) in [7, 11) is 0.